The summed E-state index contributed by atoms with van der Waals surface area (Å²) in [6, 6.07) is 6.37. The summed E-state index contributed by atoms with van der Waals surface area (Å²) in [5.41, 5.74) is 3.34. The molecule has 1 atom stereocenters. The Bertz CT molecular complexity index is 598. The zero-order valence-electron chi connectivity index (χ0n) is 12.2. The molecular weight excluding hydrogens is 336 g/mol. The Hall–Kier alpha value is -0.910. The molecule has 0 aliphatic heterocycles. The molecule has 20 heavy (non-hydrogen) atoms. The molecule has 0 radical (unpaired) electrons. The van der Waals surface area contributed by atoms with Gasteiger partial charge in [0, 0.05) is 27.7 Å². The van der Waals surface area contributed by atoms with Crippen molar-refractivity contribution >= 4 is 33.0 Å². The lowest BCUT2D eigenvalue weighted by Gasteiger charge is -2.18. The molecule has 0 bridgehead atoms. The van der Waals surface area contributed by atoms with Gasteiger partial charge in [0.25, 0.3) is 0 Å². The first-order valence-corrected chi connectivity index (χ1v) is 8.10. The Morgan fingerprint density at radius 1 is 1.40 bits per heavy atom. The number of benzene rings is 1. The third-order valence-electron chi connectivity index (χ3n) is 3.11. The van der Waals surface area contributed by atoms with Gasteiger partial charge in [0.15, 0.2) is 0 Å². The van der Waals surface area contributed by atoms with Crippen molar-refractivity contribution in [1.82, 2.24) is 4.98 Å². The molecule has 5 heteroatoms. The third kappa shape index (κ3) is 3.40. The number of aryl methyl sites for hydroxylation is 2. The second-order valence-corrected chi connectivity index (χ2v) is 6.84. The molecule has 1 unspecified atom stereocenters. The number of thiazole rings is 1. The quantitative estimate of drug-likeness (QED) is 0.833. The normalized spacial score (nSPS) is 12.4. The van der Waals surface area contributed by atoms with Gasteiger partial charge >= 0.3 is 0 Å². The van der Waals surface area contributed by atoms with Crippen molar-refractivity contribution in [3.63, 3.8) is 0 Å². The highest BCUT2D eigenvalue weighted by Crippen LogP contribution is 2.31. The van der Waals surface area contributed by atoms with Crippen LogP contribution in [0.15, 0.2) is 22.7 Å². The minimum absolute atomic E-state index is 0.228. The van der Waals surface area contributed by atoms with Crippen molar-refractivity contribution in [3.05, 3.63) is 43.8 Å². The Morgan fingerprint density at radius 2 is 2.15 bits per heavy atom. The topological polar surface area (TPSA) is 34.1 Å². The van der Waals surface area contributed by atoms with Gasteiger partial charge in [0.1, 0.15) is 0 Å². The number of halogens is 1. The molecular formula is C15H19BrN2OS. The lowest BCUT2D eigenvalue weighted by Crippen LogP contribution is -2.09. The van der Waals surface area contributed by atoms with Crippen LogP contribution in [0.3, 0.4) is 0 Å². The van der Waals surface area contributed by atoms with E-state index in [2.05, 4.69) is 46.1 Å². The molecule has 1 aromatic heterocycles. The molecule has 0 fully saturated rings. The number of nitrogens with zero attached hydrogens (tertiary/aromatic N) is 1. The summed E-state index contributed by atoms with van der Waals surface area (Å²) < 4.78 is 6.35. The van der Waals surface area contributed by atoms with Gasteiger partial charge in [-0.3, -0.25) is 0 Å². The first-order chi connectivity index (χ1) is 9.52. The van der Waals surface area contributed by atoms with E-state index in [1.165, 1.54) is 4.88 Å². The molecule has 3 nitrogen and oxygen atoms in total. The summed E-state index contributed by atoms with van der Waals surface area (Å²) in [5, 5.41) is 4.68. The number of hydrogen-bond donors (Lipinski definition) is 1. The van der Waals surface area contributed by atoms with Crippen molar-refractivity contribution < 1.29 is 4.74 Å². The summed E-state index contributed by atoms with van der Waals surface area (Å²) in [4.78, 5) is 5.78. The first kappa shape index (κ1) is 15.5. The highest BCUT2D eigenvalue weighted by Gasteiger charge is 2.15. The Morgan fingerprint density at radius 3 is 2.75 bits per heavy atom. The van der Waals surface area contributed by atoms with Crippen LogP contribution in [0, 0.1) is 13.8 Å². The number of rotatable bonds is 5. The Kier molecular flexibility index (Phi) is 5.18. The lowest BCUT2D eigenvalue weighted by molar-refractivity contribution is 0.185. The van der Waals surface area contributed by atoms with E-state index < -0.39 is 0 Å². The molecule has 1 aromatic carbocycles. The van der Waals surface area contributed by atoms with Gasteiger partial charge in [0.05, 0.1) is 23.4 Å². The van der Waals surface area contributed by atoms with Crippen molar-refractivity contribution in [2.45, 2.75) is 33.4 Å². The molecule has 0 aliphatic rings. The SMILES string of the molecule is COCc1c(Br)cccc1NC(C)c1sc(C)nc1C. The Balaban J connectivity index is 2.25. The molecule has 1 heterocycles. The monoisotopic (exact) mass is 354 g/mol. The van der Waals surface area contributed by atoms with Gasteiger partial charge in [-0.25, -0.2) is 4.98 Å². The van der Waals surface area contributed by atoms with Crippen molar-refractivity contribution in [2.75, 3.05) is 12.4 Å². The van der Waals surface area contributed by atoms with E-state index in [1.807, 2.05) is 19.1 Å². The van der Waals surface area contributed by atoms with E-state index in [-0.39, 0.29) is 6.04 Å². The van der Waals surface area contributed by atoms with Crippen LogP contribution in [0.4, 0.5) is 5.69 Å². The molecule has 1 N–H and O–H groups in total. The molecule has 0 saturated carbocycles. The van der Waals surface area contributed by atoms with Gasteiger partial charge in [-0.15, -0.1) is 11.3 Å². The van der Waals surface area contributed by atoms with Crippen molar-refractivity contribution in [1.29, 1.82) is 0 Å². The number of nitrogens with one attached hydrogen (secondary N) is 1. The second kappa shape index (κ2) is 6.70. The predicted molar refractivity (Wildman–Crippen MR) is 88.5 cm³/mol. The highest BCUT2D eigenvalue weighted by atomic mass is 79.9. The molecule has 2 aromatic rings. The number of ether oxygens (including phenoxy) is 1. The largest absolute Gasteiger partial charge is 0.380 e. The average molecular weight is 355 g/mol. The Labute approximate surface area is 132 Å². The van der Waals surface area contributed by atoms with Gasteiger partial charge in [0.2, 0.25) is 0 Å². The molecule has 108 valence electrons. The molecule has 2 rings (SSSR count). The highest BCUT2D eigenvalue weighted by molar-refractivity contribution is 9.10. The maximum atomic E-state index is 5.28. The van der Waals surface area contributed by atoms with Crippen molar-refractivity contribution in [2.24, 2.45) is 0 Å². The van der Waals surface area contributed by atoms with Crippen LogP contribution in [-0.2, 0) is 11.3 Å². The fourth-order valence-corrected chi connectivity index (χ4v) is 3.64. The van der Waals surface area contributed by atoms with Gasteiger partial charge in [-0.1, -0.05) is 22.0 Å². The van der Waals surface area contributed by atoms with E-state index in [0.29, 0.717) is 6.61 Å². The fraction of sp³-hybridized carbons (Fsp3) is 0.400. The standard InChI is InChI=1S/C15H19BrN2OS/c1-9-15(20-11(3)17-9)10(2)18-14-7-5-6-13(16)12(14)8-19-4/h5-7,10,18H,8H2,1-4H3. The number of hydrogen-bond acceptors (Lipinski definition) is 4. The van der Waals surface area contributed by atoms with Crippen LogP contribution < -0.4 is 5.32 Å². The number of methoxy groups -OCH3 is 1. The van der Waals surface area contributed by atoms with Crippen LogP contribution >= 0.6 is 27.3 Å². The maximum absolute atomic E-state index is 5.28. The zero-order chi connectivity index (χ0) is 14.7. The van der Waals surface area contributed by atoms with E-state index in [4.69, 9.17) is 4.74 Å². The summed E-state index contributed by atoms with van der Waals surface area (Å²) in [7, 11) is 1.71. The van der Waals surface area contributed by atoms with E-state index in [0.717, 1.165) is 26.4 Å². The number of aromatic nitrogens is 1. The molecule has 0 saturated heterocycles. The molecule has 0 spiro atoms. The summed E-state index contributed by atoms with van der Waals surface area (Å²) >= 11 is 5.33. The zero-order valence-corrected chi connectivity index (χ0v) is 14.6. The van der Waals surface area contributed by atoms with Crippen LogP contribution in [0.2, 0.25) is 0 Å². The first-order valence-electron chi connectivity index (χ1n) is 6.49. The molecule has 0 amide bonds. The van der Waals surface area contributed by atoms with Crippen LogP contribution in [0.1, 0.15) is 34.1 Å². The predicted octanol–water partition coefficient (Wildman–Crippen LogP) is 4.84. The van der Waals surface area contributed by atoms with Gasteiger partial charge in [-0.05, 0) is 32.9 Å². The van der Waals surface area contributed by atoms with Gasteiger partial charge < -0.3 is 10.1 Å². The number of anilines is 1. The summed E-state index contributed by atoms with van der Waals surface area (Å²) in [6.45, 7) is 6.85. The van der Waals surface area contributed by atoms with Crippen molar-refractivity contribution in [3.8, 4) is 0 Å². The summed E-state index contributed by atoms with van der Waals surface area (Å²) in [5.74, 6) is 0. The third-order valence-corrected chi connectivity index (χ3v) is 5.11. The van der Waals surface area contributed by atoms with Crippen LogP contribution in [0.25, 0.3) is 0 Å². The smallest absolute Gasteiger partial charge is 0.0900 e. The maximum Gasteiger partial charge on any atom is 0.0900 e. The van der Waals surface area contributed by atoms with E-state index >= 15 is 0 Å². The van der Waals surface area contributed by atoms with Crippen LogP contribution in [-0.4, -0.2) is 12.1 Å². The average Bonchev–Trinajstić information content (AvgIpc) is 2.73. The van der Waals surface area contributed by atoms with Crippen LogP contribution in [0.5, 0.6) is 0 Å². The minimum Gasteiger partial charge on any atom is -0.380 e. The van der Waals surface area contributed by atoms with E-state index in [9.17, 15) is 0 Å². The lowest BCUT2D eigenvalue weighted by atomic mass is 10.1. The second-order valence-electron chi connectivity index (χ2n) is 4.75. The summed E-state index contributed by atoms with van der Waals surface area (Å²) in [6.07, 6.45) is 0. The van der Waals surface area contributed by atoms with E-state index in [1.54, 1.807) is 18.4 Å². The minimum atomic E-state index is 0.228. The van der Waals surface area contributed by atoms with Gasteiger partial charge in [-0.2, -0.15) is 0 Å². The molecule has 0 aliphatic carbocycles. The fourth-order valence-electron chi connectivity index (χ4n) is 2.23.